The SMILES string of the molecule is CC1(C)CCC(NC(=O)c2ccc(N)cc2)CC1.Cl. The first-order valence-electron chi connectivity index (χ1n) is 6.63. The lowest BCUT2D eigenvalue weighted by atomic mass is 9.75. The Balaban J connectivity index is 0.00000180. The number of anilines is 1. The summed E-state index contributed by atoms with van der Waals surface area (Å²) in [6.07, 6.45) is 4.51. The molecule has 0 heterocycles. The summed E-state index contributed by atoms with van der Waals surface area (Å²) in [5, 5.41) is 3.11. The molecule has 106 valence electrons. The van der Waals surface area contributed by atoms with Crippen LogP contribution in [0.15, 0.2) is 24.3 Å². The van der Waals surface area contributed by atoms with Crippen molar-refractivity contribution in [1.82, 2.24) is 5.32 Å². The molecule has 19 heavy (non-hydrogen) atoms. The van der Waals surface area contributed by atoms with Crippen molar-refractivity contribution in [3.8, 4) is 0 Å². The Bertz CT molecular complexity index is 418. The Morgan fingerprint density at radius 1 is 1.21 bits per heavy atom. The maximum atomic E-state index is 12.0. The van der Waals surface area contributed by atoms with Crippen molar-refractivity contribution >= 4 is 24.0 Å². The number of carbonyl (C=O) groups excluding carboxylic acids is 1. The Labute approximate surface area is 121 Å². The molecule has 0 radical (unpaired) electrons. The molecule has 1 fully saturated rings. The molecular formula is C15H23ClN2O. The molecule has 3 nitrogen and oxygen atoms in total. The standard InChI is InChI=1S/C15H22N2O.ClH/c1-15(2)9-7-13(8-10-15)17-14(18)11-3-5-12(16)6-4-11;/h3-6,13H,7-10,16H2,1-2H3,(H,17,18);1H. The lowest BCUT2D eigenvalue weighted by Gasteiger charge is -2.34. The van der Waals surface area contributed by atoms with E-state index in [2.05, 4.69) is 19.2 Å². The summed E-state index contributed by atoms with van der Waals surface area (Å²) in [7, 11) is 0. The molecule has 1 aliphatic rings. The highest BCUT2D eigenvalue weighted by atomic mass is 35.5. The lowest BCUT2D eigenvalue weighted by molar-refractivity contribution is 0.0909. The lowest BCUT2D eigenvalue weighted by Crippen LogP contribution is -2.39. The number of nitrogen functional groups attached to an aromatic ring is 1. The summed E-state index contributed by atoms with van der Waals surface area (Å²) in [4.78, 5) is 12.0. The first-order valence-corrected chi connectivity index (χ1v) is 6.63. The van der Waals surface area contributed by atoms with Crippen LogP contribution in [0, 0.1) is 5.41 Å². The minimum absolute atomic E-state index is 0. The normalized spacial score (nSPS) is 18.4. The van der Waals surface area contributed by atoms with E-state index in [1.165, 1.54) is 12.8 Å². The van der Waals surface area contributed by atoms with E-state index in [1.807, 2.05) is 0 Å². The van der Waals surface area contributed by atoms with Crippen LogP contribution in [0.1, 0.15) is 49.9 Å². The zero-order chi connectivity index (χ0) is 13.2. The first-order chi connectivity index (χ1) is 8.46. The fraction of sp³-hybridized carbons (Fsp3) is 0.533. The summed E-state index contributed by atoms with van der Waals surface area (Å²) in [5.41, 5.74) is 7.42. The van der Waals surface area contributed by atoms with E-state index in [0.717, 1.165) is 12.8 Å². The van der Waals surface area contributed by atoms with E-state index < -0.39 is 0 Å². The van der Waals surface area contributed by atoms with E-state index in [4.69, 9.17) is 5.73 Å². The van der Waals surface area contributed by atoms with Crippen LogP contribution in [0.4, 0.5) is 5.69 Å². The van der Waals surface area contributed by atoms with Gasteiger partial charge in [0, 0.05) is 17.3 Å². The van der Waals surface area contributed by atoms with Crippen LogP contribution in [-0.4, -0.2) is 11.9 Å². The number of nitrogens with two attached hydrogens (primary N) is 1. The summed E-state index contributed by atoms with van der Waals surface area (Å²) in [6.45, 7) is 4.59. The third kappa shape index (κ3) is 4.43. The van der Waals surface area contributed by atoms with Crippen LogP contribution in [0.3, 0.4) is 0 Å². The number of hydrogen-bond acceptors (Lipinski definition) is 2. The van der Waals surface area contributed by atoms with Crippen molar-refractivity contribution in [2.75, 3.05) is 5.73 Å². The molecule has 0 saturated heterocycles. The zero-order valence-corrected chi connectivity index (χ0v) is 12.4. The molecule has 4 heteroatoms. The summed E-state index contributed by atoms with van der Waals surface area (Å²) in [5.74, 6) is 0.0136. The monoisotopic (exact) mass is 282 g/mol. The van der Waals surface area contributed by atoms with Gasteiger partial charge < -0.3 is 11.1 Å². The van der Waals surface area contributed by atoms with Crippen molar-refractivity contribution in [1.29, 1.82) is 0 Å². The largest absolute Gasteiger partial charge is 0.399 e. The average Bonchev–Trinajstić information content (AvgIpc) is 2.33. The quantitative estimate of drug-likeness (QED) is 0.817. The van der Waals surface area contributed by atoms with Crippen molar-refractivity contribution in [2.24, 2.45) is 5.41 Å². The molecule has 3 N–H and O–H groups in total. The summed E-state index contributed by atoms with van der Waals surface area (Å²) >= 11 is 0. The minimum atomic E-state index is 0. The van der Waals surface area contributed by atoms with Crippen LogP contribution in [0.5, 0.6) is 0 Å². The molecule has 0 unspecified atom stereocenters. The van der Waals surface area contributed by atoms with E-state index >= 15 is 0 Å². The second-order valence-electron chi connectivity index (χ2n) is 6.03. The van der Waals surface area contributed by atoms with Crippen LogP contribution in [-0.2, 0) is 0 Å². The highest BCUT2D eigenvalue weighted by Gasteiger charge is 2.27. The number of rotatable bonds is 2. The second-order valence-corrected chi connectivity index (χ2v) is 6.03. The van der Waals surface area contributed by atoms with E-state index in [9.17, 15) is 4.79 Å². The summed E-state index contributed by atoms with van der Waals surface area (Å²) in [6, 6.07) is 7.40. The van der Waals surface area contributed by atoms with Crippen molar-refractivity contribution in [3.05, 3.63) is 29.8 Å². The van der Waals surface area contributed by atoms with Gasteiger partial charge in [-0.25, -0.2) is 0 Å². The van der Waals surface area contributed by atoms with Crippen molar-refractivity contribution in [3.63, 3.8) is 0 Å². The maximum Gasteiger partial charge on any atom is 0.251 e. The number of amides is 1. The van der Waals surface area contributed by atoms with Gasteiger partial charge in [0.05, 0.1) is 0 Å². The molecule has 0 bridgehead atoms. The minimum Gasteiger partial charge on any atom is -0.399 e. The summed E-state index contributed by atoms with van der Waals surface area (Å²) < 4.78 is 0. The predicted molar refractivity (Wildman–Crippen MR) is 81.6 cm³/mol. The number of benzene rings is 1. The molecule has 1 saturated carbocycles. The van der Waals surface area contributed by atoms with Crippen molar-refractivity contribution in [2.45, 2.75) is 45.6 Å². The average molecular weight is 283 g/mol. The van der Waals surface area contributed by atoms with Crippen LogP contribution < -0.4 is 11.1 Å². The molecule has 1 aliphatic carbocycles. The Kier molecular flexibility index (Phi) is 5.24. The fourth-order valence-electron chi connectivity index (χ4n) is 2.45. The van der Waals surface area contributed by atoms with Crippen molar-refractivity contribution < 1.29 is 4.79 Å². The fourth-order valence-corrected chi connectivity index (χ4v) is 2.45. The molecule has 0 atom stereocenters. The van der Waals surface area contributed by atoms with Gasteiger partial charge >= 0.3 is 0 Å². The maximum absolute atomic E-state index is 12.0. The van der Waals surface area contributed by atoms with E-state index in [0.29, 0.717) is 22.7 Å². The molecule has 1 amide bonds. The smallest absolute Gasteiger partial charge is 0.251 e. The Morgan fingerprint density at radius 3 is 2.26 bits per heavy atom. The van der Waals surface area contributed by atoms with Gasteiger partial charge in [0.25, 0.3) is 5.91 Å². The van der Waals surface area contributed by atoms with Gasteiger partial charge in [-0.1, -0.05) is 13.8 Å². The molecule has 0 spiro atoms. The van der Waals surface area contributed by atoms with Crippen LogP contribution >= 0.6 is 12.4 Å². The molecule has 0 aromatic heterocycles. The Hall–Kier alpha value is -1.22. The van der Waals surface area contributed by atoms with Gasteiger partial charge in [0.2, 0.25) is 0 Å². The first kappa shape index (κ1) is 15.8. The van der Waals surface area contributed by atoms with Gasteiger partial charge in [-0.05, 0) is 55.4 Å². The molecule has 1 aromatic carbocycles. The van der Waals surface area contributed by atoms with Gasteiger partial charge in [0.15, 0.2) is 0 Å². The molecule has 2 rings (SSSR count). The third-order valence-corrected chi connectivity index (χ3v) is 3.85. The molecular weight excluding hydrogens is 260 g/mol. The van der Waals surface area contributed by atoms with Gasteiger partial charge in [-0.3, -0.25) is 4.79 Å². The molecule has 0 aliphatic heterocycles. The number of hydrogen-bond donors (Lipinski definition) is 2. The van der Waals surface area contributed by atoms with E-state index in [1.54, 1.807) is 24.3 Å². The van der Waals surface area contributed by atoms with E-state index in [-0.39, 0.29) is 18.3 Å². The Morgan fingerprint density at radius 2 is 1.74 bits per heavy atom. The second kappa shape index (κ2) is 6.29. The van der Waals surface area contributed by atoms with Gasteiger partial charge in [-0.2, -0.15) is 0 Å². The van der Waals surface area contributed by atoms with Gasteiger partial charge in [-0.15, -0.1) is 12.4 Å². The number of nitrogens with one attached hydrogen (secondary N) is 1. The molecule has 1 aromatic rings. The zero-order valence-electron chi connectivity index (χ0n) is 11.6. The van der Waals surface area contributed by atoms with Crippen LogP contribution in [0.25, 0.3) is 0 Å². The van der Waals surface area contributed by atoms with Crippen LogP contribution in [0.2, 0.25) is 0 Å². The number of carbonyl (C=O) groups is 1. The van der Waals surface area contributed by atoms with Gasteiger partial charge in [0.1, 0.15) is 0 Å². The predicted octanol–water partition coefficient (Wildman–Crippen LogP) is 3.39. The highest BCUT2D eigenvalue weighted by Crippen LogP contribution is 2.35. The topological polar surface area (TPSA) is 55.1 Å². The number of halogens is 1. The highest BCUT2D eigenvalue weighted by molar-refractivity contribution is 5.94. The third-order valence-electron chi connectivity index (χ3n) is 3.85.